The number of hydrogen-bond donors (Lipinski definition) is 0. The zero-order chi connectivity index (χ0) is 10.8. The molecule has 15 heavy (non-hydrogen) atoms. The van der Waals surface area contributed by atoms with E-state index in [0.29, 0.717) is 6.42 Å². The van der Waals surface area contributed by atoms with Crippen LogP contribution in [0.2, 0.25) is 0 Å². The molecule has 0 radical (unpaired) electrons. The van der Waals surface area contributed by atoms with E-state index in [1.54, 1.807) is 10.9 Å². The van der Waals surface area contributed by atoms with Crippen molar-refractivity contribution >= 4 is 11.7 Å². The lowest BCUT2D eigenvalue weighted by Crippen LogP contribution is -2.22. The van der Waals surface area contributed by atoms with Gasteiger partial charge in [-0.1, -0.05) is 5.16 Å². The minimum Gasteiger partial charge on any atom is -0.466 e. The average Bonchev–Trinajstić information content (AvgIpc) is 2.84. The van der Waals surface area contributed by atoms with Crippen molar-refractivity contribution in [2.45, 2.75) is 12.5 Å². The Bertz CT molecular complexity index is 410. The number of methoxy groups -OCH3 is 1. The lowest BCUT2D eigenvalue weighted by atomic mass is 10.1. The van der Waals surface area contributed by atoms with E-state index in [1.807, 2.05) is 13.2 Å². The first-order valence-corrected chi connectivity index (χ1v) is 4.50. The number of nitrogens with zero attached hydrogens (tertiary/aromatic N) is 3. The van der Waals surface area contributed by atoms with E-state index in [1.165, 1.54) is 7.11 Å². The Morgan fingerprint density at radius 2 is 2.53 bits per heavy atom. The molecule has 0 N–H and O–H groups in total. The van der Waals surface area contributed by atoms with Gasteiger partial charge in [0.2, 0.25) is 6.10 Å². The molecule has 1 aliphatic heterocycles. The van der Waals surface area contributed by atoms with Gasteiger partial charge in [-0.3, -0.25) is 4.68 Å². The van der Waals surface area contributed by atoms with Crippen molar-refractivity contribution in [3.63, 3.8) is 0 Å². The van der Waals surface area contributed by atoms with Crippen molar-refractivity contribution in [1.29, 1.82) is 0 Å². The Labute approximate surface area is 86.5 Å². The lowest BCUT2D eigenvalue weighted by Gasteiger charge is -2.03. The second kappa shape index (κ2) is 3.72. The summed E-state index contributed by atoms with van der Waals surface area (Å²) in [7, 11) is 3.14. The van der Waals surface area contributed by atoms with E-state index in [-0.39, 0.29) is 0 Å². The van der Waals surface area contributed by atoms with Gasteiger partial charge in [0.15, 0.2) is 0 Å². The van der Waals surface area contributed by atoms with E-state index < -0.39 is 12.1 Å². The molecule has 6 nitrogen and oxygen atoms in total. The number of esters is 1. The van der Waals surface area contributed by atoms with Crippen LogP contribution in [0.1, 0.15) is 12.0 Å². The number of oxime groups is 1. The highest BCUT2D eigenvalue weighted by Gasteiger charge is 2.29. The van der Waals surface area contributed by atoms with Crippen molar-refractivity contribution in [3.8, 4) is 0 Å². The van der Waals surface area contributed by atoms with Crippen LogP contribution >= 0.6 is 0 Å². The molecule has 1 aromatic rings. The number of hydrogen-bond acceptors (Lipinski definition) is 5. The number of carbonyl (C=O) groups excluding carboxylic acids is 1. The molecule has 0 bridgehead atoms. The van der Waals surface area contributed by atoms with Crippen molar-refractivity contribution in [2.24, 2.45) is 12.2 Å². The monoisotopic (exact) mass is 209 g/mol. The van der Waals surface area contributed by atoms with Crippen LogP contribution in [-0.2, 0) is 21.4 Å². The molecule has 0 saturated heterocycles. The molecule has 2 heterocycles. The van der Waals surface area contributed by atoms with E-state index in [2.05, 4.69) is 15.0 Å². The maximum atomic E-state index is 11.2. The normalized spacial score (nSPS) is 19.6. The number of rotatable bonds is 2. The number of ether oxygens (including phenoxy) is 1. The van der Waals surface area contributed by atoms with E-state index in [0.717, 1.165) is 11.3 Å². The van der Waals surface area contributed by atoms with Gasteiger partial charge in [-0.25, -0.2) is 4.79 Å². The smallest absolute Gasteiger partial charge is 0.350 e. The van der Waals surface area contributed by atoms with Crippen LogP contribution in [0.15, 0.2) is 17.5 Å². The summed E-state index contributed by atoms with van der Waals surface area (Å²) in [6.07, 6.45) is 3.31. The molecule has 1 atom stereocenters. The summed E-state index contributed by atoms with van der Waals surface area (Å²) in [5.74, 6) is -0.405. The Morgan fingerprint density at radius 3 is 3.13 bits per heavy atom. The zero-order valence-electron chi connectivity index (χ0n) is 8.51. The van der Waals surface area contributed by atoms with Crippen molar-refractivity contribution in [3.05, 3.63) is 18.0 Å². The minimum absolute atomic E-state index is 0.405. The maximum absolute atomic E-state index is 11.2. The van der Waals surface area contributed by atoms with Gasteiger partial charge in [0.1, 0.15) is 0 Å². The van der Waals surface area contributed by atoms with Crippen LogP contribution in [0.4, 0.5) is 0 Å². The third kappa shape index (κ3) is 1.83. The Hall–Kier alpha value is -1.85. The molecular formula is C9H11N3O3. The fourth-order valence-electron chi connectivity index (χ4n) is 1.38. The van der Waals surface area contributed by atoms with E-state index in [9.17, 15) is 4.79 Å². The molecule has 0 saturated carbocycles. The minimum atomic E-state index is -0.620. The van der Waals surface area contributed by atoms with Crippen LogP contribution in [0.25, 0.3) is 0 Å². The fourth-order valence-corrected chi connectivity index (χ4v) is 1.38. The van der Waals surface area contributed by atoms with Gasteiger partial charge in [0.25, 0.3) is 0 Å². The second-order valence-corrected chi connectivity index (χ2v) is 3.26. The van der Waals surface area contributed by atoms with Gasteiger partial charge in [-0.15, -0.1) is 0 Å². The van der Waals surface area contributed by atoms with Crippen molar-refractivity contribution < 1.29 is 14.4 Å². The third-order valence-electron chi connectivity index (χ3n) is 2.17. The Morgan fingerprint density at radius 1 is 1.73 bits per heavy atom. The quantitative estimate of drug-likeness (QED) is 0.647. The van der Waals surface area contributed by atoms with Gasteiger partial charge in [0, 0.05) is 25.2 Å². The predicted molar refractivity (Wildman–Crippen MR) is 51.3 cm³/mol. The van der Waals surface area contributed by atoms with Crippen molar-refractivity contribution in [2.75, 3.05) is 7.11 Å². The highest BCUT2D eigenvalue weighted by molar-refractivity contribution is 6.03. The van der Waals surface area contributed by atoms with Crippen LogP contribution < -0.4 is 0 Å². The number of carbonyl (C=O) groups is 1. The standard InChI is InChI=1S/C9H11N3O3/c1-12-5-6(4-10-12)7-3-8(15-11-7)9(13)14-2/h4-5,8H,3H2,1-2H3/t8-/m1/s1. The topological polar surface area (TPSA) is 65.7 Å². The Balaban J connectivity index is 2.06. The molecule has 0 unspecified atom stereocenters. The van der Waals surface area contributed by atoms with E-state index in [4.69, 9.17) is 4.84 Å². The summed E-state index contributed by atoms with van der Waals surface area (Å²) in [6, 6.07) is 0. The number of aryl methyl sites for hydroxylation is 1. The summed E-state index contributed by atoms with van der Waals surface area (Å²) in [5.41, 5.74) is 1.59. The van der Waals surface area contributed by atoms with Gasteiger partial charge in [-0.2, -0.15) is 5.10 Å². The second-order valence-electron chi connectivity index (χ2n) is 3.26. The molecule has 0 aliphatic carbocycles. The largest absolute Gasteiger partial charge is 0.466 e. The van der Waals surface area contributed by atoms with Gasteiger partial charge in [0.05, 0.1) is 19.0 Å². The number of aromatic nitrogens is 2. The molecule has 80 valence electrons. The average molecular weight is 209 g/mol. The first-order chi connectivity index (χ1) is 7.20. The first-order valence-electron chi connectivity index (χ1n) is 4.50. The molecule has 1 aliphatic rings. The molecular weight excluding hydrogens is 198 g/mol. The highest BCUT2D eigenvalue weighted by Crippen LogP contribution is 2.16. The van der Waals surface area contributed by atoms with Gasteiger partial charge in [-0.05, 0) is 0 Å². The first kappa shape index (κ1) is 9.70. The van der Waals surface area contributed by atoms with Crippen LogP contribution in [-0.4, -0.2) is 34.7 Å². The summed E-state index contributed by atoms with van der Waals surface area (Å²) < 4.78 is 6.24. The van der Waals surface area contributed by atoms with Crippen LogP contribution in [0, 0.1) is 0 Å². The van der Waals surface area contributed by atoms with E-state index >= 15 is 0 Å². The summed E-state index contributed by atoms with van der Waals surface area (Å²) >= 11 is 0. The summed E-state index contributed by atoms with van der Waals surface area (Å²) in [4.78, 5) is 16.1. The Kier molecular flexibility index (Phi) is 2.40. The summed E-state index contributed by atoms with van der Waals surface area (Å²) in [5, 5.41) is 7.85. The highest BCUT2D eigenvalue weighted by atomic mass is 16.7. The van der Waals surface area contributed by atoms with Crippen LogP contribution in [0.3, 0.4) is 0 Å². The third-order valence-corrected chi connectivity index (χ3v) is 2.17. The van der Waals surface area contributed by atoms with Crippen molar-refractivity contribution in [1.82, 2.24) is 9.78 Å². The molecule has 1 aromatic heterocycles. The molecule has 6 heteroatoms. The predicted octanol–water partition coefficient (Wildman–Crippen LogP) is 0.0861. The molecule has 0 spiro atoms. The molecule has 2 rings (SSSR count). The zero-order valence-corrected chi connectivity index (χ0v) is 8.51. The SMILES string of the molecule is COC(=O)[C@H]1CC(c2cnn(C)c2)=NO1. The van der Waals surface area contributed by atoms with Gasteiger partial charge >= 0.3 is 5.97 Å². The fraction of sp³-hybridized carbons (Fsp3) is 0.444. The molecule has 0 aromatic carbocycles. The summed E-state index contributed by atoms with van der Waals surface area (Å²) in [6.45, 7) is 0. The van der Waals surface area contributed by atoms with Crippen LogP contribution in [0.5, 0.6) is 0 Å². The maximum Gasteiger partial charge on any atom is 0.350 e. The molecule has 0 fully saturated rings. The lowest BCUT2D eigenvalue weighted by molar-refractivity contribution is -0.152. The molecule has 0 amide bonds. The van der Waals surface area contributed by atoms with Gasteiger partial charge < -0.3 is 9.57 Å².